The number of fused-ring (bicyclic) bond motifs is 1. The lowest BCUT2D eigenvalue weighted by molar-refractivity contribution is 0.00598. The van der Waals surface area contributed by atoms with Gasteiger partial charge in [0.15, 0.2) is 5.78 Å². The number of carbonyl (C=O) groups is 1. The van der Waals surface area contributed by atoms with E-state index in [0.717, 1.165) is 0 Å². The smallest absolute Gasteiger partial charge is 0.243 e. The van der Waals surface area contributed by atoms with Crippen molar-refractivity contribution in [3.63, 3.8) is 0 Å². The predicted molar refractivity (Wildman–Crippen MR) is 103 cm³/mol. The number of hydrogen-bond donors (Lipinski definition) is 0. The molecule has 0 saturated carbocycles. The first-order chi connectivity index (χ1) is 12.8. The van der Waals surface area contributed by atoms with E-state index in [1.54, 1.807) is 42.5 Å². The molecule has 1 saturated heterocycles. The van der Waals surface area contributed by atoms with E-state index in [2.05, 4.69) is 0 Å². The van der Waals surface area contributed by atoms with Gasteiger partial charge >= 0.3 is 0 Å². The Labute approximate surface area is 167 Å². The number of carbonyl (C=O) groups excluding carboxylic acids is 1. The highest BCUT2D eigenvalue weighted by atomic mass is 35.5. The second kappa shape index (κ2) is 6.78. The van der Waals surface area contributed by atoms with Gasteiger partial charge in [-0.3, -0.25) is 4.79 Å². The molecule has 0 N–H and O–H groups in total. The number of hydrogen-bond acceptors (Lipinski definition) is 4. The van der Waals surface area contributed by atoms with Crippen molar-refractivity contribution >= 4 is 39.0 Å². The average molecular weight is 426 g/mol. The normalized spacial score (nSPS) is 19.6. The van der Waals surface area contributed by atoms with Crippen molar-refractivity contribution in [2.75, 3.05) is 13.1 Å². The van der Waals surface area contributed by atoms with Crippen LogP contribution in [0.1, 0.15) is 29.6 Å². The van der Waals surface area contributed by atoms with Crippen LogP contribution in [0, 0.1) is 0 Å². The first-order valence-electron chi connectivity index (χ1n) is 8.57. The van der Waals surface area contributed by atoms with Crippen molar-refractivity contribution < 1.29 is 17.9 Å². The molecule has 8 heteroatoms. The molecule has 1 spiro atoms. The summed E-state index contributed by atoms with van der Waals surface area (Å²) in [5, 5.41) is 0.680. The van der Waals surface area contributed by atoms with E-state index in [4.69, 9.17) is 27.9 Å². The molecule has 0 atom stereocenters. The number of halogens is 2. The lowest BCUT2D eigenvalue weighted by Gasteiger charge is -2.43. The zero-order valence-corrected chi connectivity index (χ0v) is 16.6. The van der Waals surface area contributed by atoms with Crippen molar-refractivity contribution in [2.24, 2.45) is 0 Å². The molecule has 5 nitrogen and oxygen atoms in total. The van der Waals surface area contributed by atoms with Crippen LogP contribution in [0.4, 0.5) is 0 Å². The monoisotopic (exact) mass is 425 g/mol. The Balaban J connectivity index is 1.56. The molecule has 0 amide bonds. The molecule has 27 heavy (non-hydrogen) atoms. The van der Waals surface area contributed by atoms with E-state index in [-0.39, 0.29) is 30.2 Å². The van der Waals surface area contributed by atoms with Gasteiger partial charge in [-0.25, -0.2) is 8.42 Å². The van der Waals surface area contributed by atoms with Gasteiger partial charge < -0.3 is 4.74 Å². The van der Waals surface area contributed by atoms with Crippen LogP contribution in [0.5, 0.6) is 5.75 Å². The zero-order valence-electron chi connectivity index (χ0n) is 14.3. The third kappa shape index (κ3) is 3.36. The van der Waals surface area contributed by atoms with E-state index in [0.29, 0.717) is 34.2 Å². The fourth-order valence-corrected chi connectivity index (χ4v) is 5.66. The van der Waals surface area contributed by atoms with Crippen LogP contribution in [-0.4, -0.2) is 37.2 Å². The molecule has 4 rings (SSSR count). The molecule has 2 aliphatic heterocycles. The second-order valence-corrected chi connectivity index (χ2v) is 9.65. The molecular formula is C19H17Cl2NO4S. The Morgan fingerprint density at radius 1 is 1.04 bits per heavy atom. The summed E-state index contributed by atoms with van der Waals surface area (Å²) in [6, 6.07) is 11.5. The Hall–Kier alpha value is -1.60. The fraction of sp³-hybridized carbons (Fsp3) is 0.316. The van der Waals surface area contributed by atoms with Gasteiger partial charge in [0, 0.05) is 31.0 Å². The van der Waals surface area contributed by atoms with Gasteiger partial charge in [-0.15, -0.1) is 0 Å². The third-order valence-corrected chi connectivity index (χ3v) is 7.54. The zero-order chi connectivity index (χ0) is 19.2. The van der Waals surface area contributed by atoms with Crippen molar-refractivity contribution in [1.29, 1.82) is 0 Å². The molecule has 0 aliphatic carbocycles. The van der Waals surface area contributed by atoms with Gasteiger partial charge in [0.1, 0.15) is 11.4 Å². The van der Waals surface area contributed by atoms with Crippen LogP contribution in [0.25, 0.3) is 0 Å². The van der Waals surface area contributed by atoms with Gasteiger partial charge in [0.2, 0.25) is 10.0 Å². The Kier molecular flexibility index (Phi) is 4.71. The van der Waals surface area contributed by atoms with Crippen LogP contribution in [-0.2, 0) is 10.0 Å². The number of rotatable bonds is 2. The molecule has 142 valence electrons. The highest BCUT2D eigenvalue weighted by Crippen LogP contribution is 2.44. The summed E-state index contributed by atoms with van der Waals surface area (Å²) in [4.78, 5) is 12.9. The molecule has 1 fully saturated rings. The minimum Gasteiger partial charge on any atom is -0.484 e. The highest BCUT2D eigenvalue weighted by Gasteiger charge is 2.45. The minimum atomic E-state index is -3.56. The number of benzene rings is 2. The maximum atomic E-state index is 12.8. The molecule has 2 aliphatic rings. The molecule has 2 heterocycles. The largest absolute Gasteiger partial charge is 0.484 e. The standard InChI is InChI=1S/C19H17Cl2NO4S/c20-13-10-15-17(23)12-19(26-18(15)16(21)11-13)6-8-22(9-7-19)27(24,25)14-4-2-1-3-5-14/h1-5,10-11H,6-9,12H2. The minimum absolute atomic E-state index is 0.0833. The van der Waals surface area contributed by atoms with E-state index in [9.17, 15) is 13.2 Å². The number of nitrogens with zero attached hydrogens (tertiary/aromatic N) is 1. The Morgan fingerprint density at radius 3 is 2.37 bits per heavy atom. The van der Waals surface area contributed by atoms with Crippen LogP contribution in [0.2, 0.25) is 10.0 Å². The number of ether oxygens (including phenoxy) is 1. The SMILES string of the molecule is O=C1CC2(CCN(S(=O)(=O)c3ccccc3)CC2)Oc2c(Cl)cc(Cl)cc21. The maximum absolute atomic E-state index is 12.8. The van der Waals surface area contributed by atoms with Crippen LogP contribution in [0.3, 0.4) is 0 Å². The van der Waals surface area contributed by atoms with Crippen molar-refractivity contribution in [3.05, 3.63) is 58.1 Å². The predicted octanol–water partition coefficient (Wildman–Crippen LogP) is 4.18. The van der Waals surface area contributed by atoms with E-state index in [1.807, 2.05) is 0 Å². The van der Waals surface area contributed by atoms with Gasteiger partial charge in [-0.1, -0.05) is 41.4 Å². The summed E-state index contributed by atoms with van der Waals surface area (Å²) < 4.78 is 33.2. The number of sulfonamides is 1. The molecule has 0 aromatic heterocycles. The Morgan fingerprint density at radius 2 is 1.70 bits per heavy atom. The number of piperidine rings is 1. The maximum Gasteiger partial charge on any atom is 0.243 e. The number of Topliss-reactive ketones (excluding diaryl/α,β-unsaturated/α-hetero) is 1. The van der Waals surface area contributed by atoms with Crippen LogP contribution >= 0.6 is 23.2 Å². The van der Waals surface area contributed by atoms with Crippen molar-refractivity contribution in [3.8, 4) is 5.75 Å². The highest BCUT2D eigenvalue weighted by molar-refractivity contribution is 7.89. The topological polar surface area (TPSA) is 63.7 Å². The second-order valence-electron chi connectivity index (χ2n) is 6.87. The molecule has 0 radical (unpaired) electrons. The summed E-state index contributed by atoms with van der Waals surface area (Å²) in [5.41, 5.74) is -0.345. The van der Waals surface area contributed by atoms with Gasteiger partial charge in [-0.2, -0.15) is 4.31 Å². The first kappa shape index (κ1) is 18.7. The molecule has 2 aromatic rings. The molecule has 0 bridgehead atoms. The van der Waals surface area contributed by atoms with E-state index >= 15 is 0 Å². The van der Waals surface area contributed by atoms with Gasteiger partial charge in [0.25, 0.3) is 0 Å². The van der Waals surface area contributed by atoms with E-state index in [1.165, 1.54) is 4.31 Å². The molecule has 2 aromatic carbocycles. The van der Waals surface area contributed by atoms with Crippen molar-refractivity contribution in [2.45, 2.75) is 29.8 Å². The lowest BCUT2D eigenvalue weighted by atomic mass is 9.83. The first-order valence-corrected chi connectivity index (χ1v) is 10.8. The quantitative estimate of drug-likeness (QED) is 0.723. The third-order valence-electron chi connectivity index (χ3n) is 5.12. The molecule has 0 unspecified atom stereocenters. The summed E-state index contributed by atoms with van der Waals surface area (Å²) in [5.74, 6) is 0.261. The van der Waals surface area contributed by atoms with Crippen LogP contribution < -0.4 is 4.74 Å². The summed E-state index contributed by atoms with van der Waals surface area (Å²) in [6.07, 6.45) is 1.03. The van der Waals surface area contributed by atoms with Gasteiger partial charge in [-0.05, 0) is 24.3 Å². The summed E-state index contributed by atoms with van der Waals surface area (Å²) in [6.45, 7) is 0.566. The van der Waals surface area contributed by atoms with Crippen LogP contribution in [0.15, 0.2) is 47.4 Å². The summed E-state index contributed by atoms with van der Waals surface area (Å²) in [7, 11) is -3.56. The lowest BCUT2D eigenvalue weighted by Crippen LogP contribution is -2.52. The van der Waals surface area contributed by atoms with Crippen molar-refractivity contribution in [1.82, 2.24) is 4.31 Å². The van der Waals surface area contributed by atoms with E-state index < -0.39 is 15.6 Å². The summed E-state index contributed by atoms with van der Waals surface area (Å²) >= 11 is 12.2. The fourth-order valence-electron chi connectivity index (χ4n) is 3.67. The number of ketones is 1. The molecular weight excluding hydrogens is 409 g/mol. The van der Waals surface area contributed by atoms with Gasteiger partial charge in [0.05, 0.1) is 21.9 Å². The average Bonchev–Trinajstić information content (AvgIpc) is 2.64. The Bertz CT molecular complexity index is 1000.